The molecule has 1 aliphatic carbocycles. The number of ether oxygens (including phenoxy) is 1. The van der Waals surface area contributed by atoms with Gasteiger partial charge in [-0.05, 0) is 64.5 Å². The predicted octanol–water partition coefficient (Wildman–Crippen LogP) is 0.202. The summed E-state index contributed by atoms with van der Waals surface area (Å²) in [5.41, 5.74) is -1.81. The largest absolute Gasteiger partial charge is 0.492 e. The molecule has 0 saturated heterocycles. The Morgan fingerprint density at radius 1 is 1.24 bits per heavy atom. The van der Waals surface area contributed by atoms with Gasteiger partial charge >= 0.3 is 5.69 Å². The third-order valence-corrected chi connectivity index (χ3v) is 6.44. The van der Waals surface area contributed by atoms with Gasteiger partial charge in [0, 0.05) is 37.0 Å². The topological polar surface area (TPSA) is 128 Å². The van der Waals surface area contributed by atoms with Crippen molar-refractivity contribution in [2.45, 2.75) is 50.5 Å². The number of carbonyl (C=O) groups excluding carboxylic acids is 1. The first-order valence-electron chi connectivity index (χ1n) is 11.4. The maximum absolute atomic E-state index is 13.0. The van der Waals surface area contributed by atoms with Gasteiger partial charge in [-0.3, -0.25) is 19.1 Å². The second-order valence-electron chi connectivity index (χ2n) is 9.34. The number of hydrogen-bond acceptors (Lipinski definition) is 7. The van der Waals surface area contributed by atoms with Gasteiger partial charge in [-0.2, -0.15) is 0 Å². The van der Waals surface area contributed by atoms with Crippen LogP contribution in [-0.4, -0.2) is 87.5 Å². The number of aromatic amines is 1. The van der Waals surface area contributed by atoms with Crippen LogP contribution < -0.4 is 16.0 Å². The number of aliphatic hydroxyl groups is 2. The summed E-state index contributed by atoms with van der Waals surface area (Å²) in [6.45, 7) is 2.75. The fourth-order valence-electron chi connectivity index (χ4n) is 4.15. The van der Waals surface area contributed by atoms with E-state index in [4.69, 9.17) is 4.74 Å². The third-order valence-electron chi connectivity index (χ3n) is 6.44. The van der Waals surface area contributed by atoms with Gasteiger partial charge in [0.05, 0.1) is 12.6 Å². The lowest BCUT2D eigenvalue weighted by Gasteiger charge is -2.43. The van der Waals surface area contributed by atoms with Crippen molar-refractivity contribution in [2.24, 2.45) is 0 Å². The summed E-state index contributed by atoms with van der Waals surface area (Å²) in [4.78, 5) is 42.5. The van der Waals surface area contributed by atoms with Gasteiger partial charge in [-0.15, -0.1) is 0 Å². The van der Waals surface area contributed by atoms with Crippen molar-refractivity contribution in [3.8, 4) is 5.75 Å². The van der Waals surface area contributed by atoms with E-state index in [1.165, 1.54) is 10.8 Å². The van der Waals surface area contributed by atoms with E-state index in [0.717, 1.165) is 6.54 Å². The average Bonchev–Trinajstić information content (AvgIpc) is 2.79. The first-order chi connectivity index (χ1) is 16.0. The summed E-state index contributed by atoms with van der Waals surface area (Å²) in [6.07, 6.45) is 1.05. The molecular weight excluding hydrogens is 440 g/mol. The van der Waals surface area contributed by atoms with Crippen LogP contribution in [0.4, 0.5) is 0 Å². The van der Waals surface area contributed by atoms with Gasteiger partial charge in [0.25, 0.3) is 11.5 Å². The first kappa shape index (κ1) is 25.7. The molecule has 3 rings (SSSR count). The molecule has 0 spiro atoms. The molecule has 0 unspecified atom stereocenters. The van der Waals surface area contributed by atoms with E-state index in [1.54, 1.807) is 43.1 Å². The van der Waals surface area contributed by atoms with Gasteiger partial charge in [0.2, 0.25) is 0 Å². The zero-order chi connectivity index (χ0) is 25.0. The van der Waals surface area contributed by atoms with Gasteiger partial charge in [0.1, 0.15) is 18.0 Å². The molecule has 1 aromatic heterocycles. The Morgan fingerprint density at radius 3 is 2.53 bits per heavy atom. The van der Waals surface area contributed by atoms with Crippen molar-refractivity contribution < 1.29 is 19.7 Å². The number of hydrogen-bond donors (Lipinski definition) is 3. The van der Waals surface area contributed by atoms with Crippen molar-refractivity contribution in [3.05, 3.63) is 62.4 Å². The number of benzene rings is 1. The molecule has 34 heavy (non-hydrogen) atoms. The zero-order valence-corrected chi connectivity index (χ0v) is 20.2. The van der Waals surface area contributed by atoms with E-state index >= 15 is 0 Å². The molecule has 3 atom stereocenters. The van der Waals surface area contributed by atoms with Crippen molar-refractivity contribution in [1.29, 1.82) is 0 Å². The van der Waals surface area contributed by atoms with Crippen LogP contribution in [0.5, 0.6) is 5.75 Å². The lowest BCUT2D eigenvalue weighted by atomic mass is 9.79. The number of likely N-dealkylation sites (N-methyl/N-ethyl adjacent to an activating group) is 1. The molecule has 0 bridgehead atoms. The molecule has 1 aromatic carbocycles. The molecule has 1 amide bonds. The van der Waals surface area contributed by atoms with Gasteiger partial charge in [-0.25, -0.2) is 4.79 Å². The number of H-pyrrole nitrogens is 1. The summed E-state index contributed by atoms with van der Waals surface area (Å²) in [7, 11) is 5.62. The minimum Gasteiger partial charge on any atom is -0.492 e. The SMILES string of the molecule is Cc1cn(C[C@]2(O)CC[C@H](N(C)C(=O)c3ccc(OCCN(C)C)cc3)C[C@H]2O)c(=O)[nH]c1=O. The lowest BCUT2D eigenvalue weighted by Crippen LogP contribution is -2.55. The van der Waals surface area contributed by atoms with Crippen LogP contribution in [-0.2, 0) is 6.54 Å². The molecule has 1 aliphatic rings. The van der Waals surface area contributed by atoms with E-state index in [1.807, 2.05) is 19.0 Å². The Labute approximate surface area is 198 Å². The highest BCUT2D eigenvalue weighted by molar-refractivity contribution is 5.94. The molecule has 2 aromatic rings. The van der Waals surface area contributed by atoms with Crippen LogP contribution in [0.1, 0.15) is 35.2 Å². The van der Waals surface area contributed by atoms with Crippen molar-refractivity contribution in [1.82, 2.24) is 19.4 Å². The molecular formula is C24H34N4O6. The van der Waals surface area contributed by atoms with Crippen molar-refractivity contribution in [2.75, 3.05) is 34.3 Å². The Hall–Kier alpha value is -2.95. The van der Waals surface area contributed by atoms with Gasteiger partial charge < -0.3 is 24.7 Å². The summed E-state index contributed by atoms with van der Waals surface area (Å²) < 4.78 is 6.87. The quantitative estimate of drug-likeness (QED) is 0.499. The molecule has 1 fully saturated rings. The van der Waals surface area contributed by atoms with E-state index in [0.29, 0.717) is 29.9 Å². The fraction of sp³-hybridized carbons (Fsp3) is 0.542. The highest BCUT2D eigenvalue weighted by atomic mass is 16.5. The van der Waals surface area contributed by atoms with Crippen molar-refractivity contribution in [3.63, 3.8) is 0 Å². The molecule has 0 radical (unpaired) electrons. The van der Waals surface area contributed by atoms with Crippen LogP contribution in [0.3, 0.4) is 0 Å². The van der Waals surface area contributed by atoms with Gasteiger partial charge in [0.15, 0.2) is 0 Å². The summed E-state index contributed by atoms with van der Waals surface area (Å²) in [5.74, 6) is 0.502. The minimum atomic E-state index is -1.54. The number of aliphatic hydroxyl groups excluding tert-OH is 1. The highest BCUT2D eigenvalue weighted by Gasteiger charge is 2.43. The van der Waals surface area contributed by atoms with Gasteiger partial charge in [-0.1, -0.05) is 0 Å². The summed E-state index contributed by atoms with van der Waals surface area (Å²) in [5, 5.41) is 21.8. The smallest absolute Gasteiger partial charge is 0.328 e. The molecule has 186 valence electrons. The van der Waals surface area contributed by atoms with Crippen LogP contribution in [0.15, 0.2) is 40.1 Å². The summed E-state index contributed by atoms with van der Waals surface area (Å²) in [6, 6.07) is 6.67. The number of aryl methyl sites for hydroxylation is 1. The van der Waals surface area contributed by atoms with Crippen LogP contribution in [0.25, 0.3) is 0 Å². The Kier molecular flexibility index (Phi) is 7.96. The molecule has 10 nitrogen and oxygen atoms in total. The van der Waals surface area contributed by atoms with E-state index in [2.05, 4.69) is 4.98 Å². The lowest BCUT2D eigenvalue weighted by molar-refractivity contribution is -0.122. The zero-order valence-electron chi connectivity index (χ0n) is 20.2. The second-order valence-corrected chi connectivity index (χ2v) is 9.34. The van der Waals surface area contributed by atoms with E-state index in [9.17, 15) is 24.6 Å². The Balaban J connectivity index is 1.62. The number of nitrogens with one attached hydrogen (secondary N) is 1. The number of rotatable bonds is 8. The average molecular weight is 475 g/mol. The van der Waals surface area contributed by atoms with Crippen molar-refractivity contribution >= 4 is 5.91 Å². The first-order valence-corrected chi connectivity index (χ1v) is 11.4. The van der Waals surface area contributed by atoms with E-state index in [-0.39, 0.29) is 31.3 Å². The number of nitrogens with zero attached hydrogens (tertiary/aromatic N) is 3. The fourth-order valence-corrected chi connectivity index (χ4v) is 4.15. The molecule has 1 saturated carbocycles. The molecule has 0 aliphatic heterocycles. The third kappa shape index (κ3) is 5.94. The molecule has 10 heteroatoms. The standard InChI is InChI=1S/C24H34N4O6/c1-16-14-28(23(32)25-21(16)30)15-24(33)10-9-18(13-20(24)29)27(4)22(31)17-5-7-19(8-6-17)34-12-11-26(2)3/h5-8,14,18,20,29,33H,9-13,15H2,1-4H3,(H,25,30,32)/t18-,20+,24+/m0/s1. The Bertz CT molecular complexity index is 1110. The molecule has 3 N–H and O–H groups in total. The number of aromatic nitrogens is 2. The monoisotopic (exact) mass is 474 g/mol. The maximum atomic E-state index is 13.0. The normalized spacial score (nSPS) is 22.6. The van der Waals surface area contributed by atoms with Crippen LogP contribution in [0.2, 0.25) is 0 Å². The van der Waals surface area contributed by atoms with Crippen LogP contribution >= 0.6 is 0 Å². The maximum Gasteiger partial charge on any atom is 0.328 e. The van der Waals surface area contributed by atoms with Crippen LogP contribution in [0, 0.1) is 6.92 Å². The summed E-state index contributed by atoms with van der Waals surface area (Å²) >= 11 is 0. The number of amides is 1. The van der Waals surface area contributed by atoms with E-state index < -0.39 is 23.0 Å². The minimum absolute atomic E-state index is 0.149. The predicted molar refractivity (Wildman–Crippen MR) is 127 cm³/mol. The highest BCUT2D eigenvalue weighted by Crippen LogP contribution is 2.32. The second kappa shape index (κ2) is 10.5. The Morgan fingerprint density at radius 2 is 1.91 bits per heavy atom. The molecule has 1 heterocycles. The number of carbonyl (C=O) groups is 1.